The van der Waals surface area contributed by atoms with Crippen LogP contribution in [0.5, 0.6) is 0 Å². The lowest BCUT2D eigenvalue weighted by molar-refractivity contribution is -0.121. The number of amides is 1. The number of benzene rings is 2. The Labute approximate surface area is 147 Å². The lowest BCUT2D eigenvalue weighted by atomic mass is 10.1. The van der Waals surface area contributed by atoms with Gasteiger partial charge in [-0.3, -0.25) is 4.79 Å². The molecule has 5 nitrogen and oxygen atoms in total. The quantitative estimate of drug-likeness (QED) is 0.791. The van der Waals surface area contributed by atoms with Gasteiger partial charge in [0.2, 0.25) is 15.9 Å². The Morgan fingerprint density at radius 1 is 1.08 bits per heavy atom. The molecule has 2 N–H and O–H groups in total. The summed E-state index contributed by atoms with van der Waals surface area (Å²) < 4.78 is 26.6. The molecule has 0 saturated carbocycles. The molecule has 24 heavy (non-hydrogen) atoms. The van der Waals surface area contributed by atoms with Crippen molar-refractivity contribution < 1.29 is 13.2 Å². The van der Waals surface area contributed by atoms with Gasteiger partial charge >= 0.3 is 0 Å². The second-order valence-electron chi connectivity index (χ2n) is 5.30. The predicted octanol–water partition coefficient (Wildman–Crippen LogP) is 2.89. The van der Waals surface area contributed by atoms with Gasteiger partial charge < -0.3 is 5.32 Å². The van der Waals surface area contributed by atoms with Crippen LogP contribution in [-0.2, 0) is 14.8 Å². The van der Waals surface area contributed by atoms with Crippen molar-refractivity contribution in [2.24, 2.45) is 0 Å². The molecular formula is C17H19ClN2O3S. The van der Waals surface area contributed by atoms with Crippen LogP contribution in [0.25, 0.3) is 0 Å². The monoisotopic (exact) mass is 366 g/mol. The average Bonchev–Trinajstić information content (AvgIpc) is 2.56. The molecule has 1 atom stereocenters. The molecule has 7 heteroatoms. The van der Waals surface area contributed by atoms with E-state index in [0.29, 0.717) is 5.02 Å². The summed E-state index contributed by atoms with van der Waals surface area (Å²) in [4.78, 5) is 12.0. The number of hydrogen-bond donors (Lipinski definition) is 2. The SMILES string of the molecule is C[C@H](NC(=O)CCNS(=O)(=O)c1ccc(Cl)cc1)c1ccccc1. The van der Waals surface area contributed by atoms with Gasteiger partial charge in [-0.1, -0.05) is 41.9 Å². The van der Waals surface area contributed by atoms with Crippen LogP contribution in [0.15, 0.2) is 59.5 Å². The number of sulfonamides is 1. The van der Waals surface area contributed by atoms with Crippen molar-refractivity contribution >= 4 is 27.5 Å². The number of hydrogen-bond acceptors (Lipinski definition) is 3. The van der Waals surface area contributed by atoms with Gasteiger partial charge in [-0.2, -0.15) is 0 Å². The fraction of sp³-hybridized carbons (Fsp3) is 0.235. The second kappa shape index (κ2) is 8.28. The van der Waals surface area contributed by atoms with Crippen LogP contribution >= 0.6 is 11.6 Å². The third kappa shape index (κ3) is 5.33. The van der Waals surface area contributed by atoms with Crippen LogP contribution in [0.3, 0.4) is 0 Å². The van der Waals surface area contributed by atoms with E-state index in [1.54, 1.807) is 0 Å². The minimum atomic E-state index is -3.64. The minimum absolute atomic E-state index is 0.0261. The van der Waals surface area contributed by atoms with Gasteiger partial charge in [0.25, 0.3) is 0 Å². The topological polar surface area (TPSA) is 75.3 Å². The molecule has 2 aromatic carbocycles. The van der Waals surface area contributed by atoms with Crippen molar-refractivity contribution in [2.45, 2.75) is 24.3 Å². The summed E-state index contributed by atoms with van der Waals surface area (Å²) in [6.07, 6.45) is 0.0595. The number of carbonyl (C=O) groups is 1. The van der Waals surface area contributed by atoms with Crippen molar-refractivity contribution in [1.29, 1.82) is 0 Å². The highest BCUT2D eigenvalue weighted by Crippen LogP contribution is 2.14. The molecule has 128 valence electrons. The first kappa shape index (κ1) is 18.4. The number of nitrogens with one attached hydrogen (secondary N) is 2. The molecular weight excluding hydrogens is 348 g/mol. The lowest BCUT2D eigenvalue weighted by Gasteiger charge is -2.14. The van der Waals surface area contributed by atoms with Crippen molar-refractivity contribution in [2.75, 3.05) is 6.54 Å². The highest BCUT2D eigenvalue weighted by Gasteiger charge is 2.15. The summed E-state index contributed by atoms with van der Waals surface area (Å²) >= 11 is 5.74. The Morgan fingerprint density at radius 2 is 1.71 bits per heavy atom. The fourth-order valence-corrected chi connectivity index (χ4v) is 3.29. The highest BCUT2D eigenvalue weighted by molar-refractivity contribution is 7.89. The standard InChI is InChI=1S/C17H19ClN2O3S/c1-13(14-5-3-2-4-6-14)20-17(21)11-12-19-24(22,23)16-9-7-15(18)8-10-16/h2-10,13,19H,11-12H2,1H3,(H,20,21)/t13-/m0/s1. The molecule has 1 amide bonds. The van der Waals surface area contributed by atoms with Crippen molar-refractivity contribution in [1.82, 2.24) is 10.0 Å². The van der Waals surface area contributed by atoms with Crippen LogP contribution in [0.2, 0.25) is 5.02 Å². The minimum Gasteiger partial charge on any atom is -0.350 e. The maximum atomic E-state index is 12.1. The van der Waals surface area contributed by atoms with Crippen molar-refractivity contribution in [3.05, 3.63) is 65.2 Å². The van der Waals surface area contributed by atoms with Crippen molar-refractivity contribution in [3.8, 4) is 0 Å². The van der Waals surface area contributed by atoms with E-state index in [0.717, 1.165) is 5.56 Å². The maximum absolute atomic E-state index is 12.1. The first-order chi connectivity index (χ1) is 11.4. The molecule has 0 saturated heterocycles. The average molecular weight is 367 g/mol. The van der Waals surface area contributed by atoms with Crippen LogP contribution in [-0.4, -0.2) is 20.9 Å². The van der Waals surface area contributed by atoms with Gasteiger partial charge in [-0.05, 0) is 36.8 Å². The van der Waals surface area contributed by atoms with Gasteiger partial charge in [0.1, 0.15) is 0 Å². The summed E-state index contributed by atoms with van der Waals surface area (Å²) in [6, 6.07) is 15.3. The Balaban J connectivity index is 1.83. The van der Waals surface area contributed by atoms with Crippen LogP contribution in [0.1, 0.15) is 24.9 Å². The van der Waals surface area contributed by atoms with Crippen LogP contribution < -0.4 is 10.0 Å². The van der Waals surface area contributed by atoms with Crippen LogP contribution in [0, 0.1) is 0 Å². The Bertz CT molecular complexity index is 777. The lowest BCUT2D eigenvalue weighted by Crippen LogP contribution is -2.32. The first-order valence-corrected chi connectivity index (χ1v) is 9.34. The summed E-state index contributed by atoms with van der Waals surface area (Å²) in [5.74, 6) is -0.217. The summed E-state index contributed by atoms with van der Waals surface area (Å²) in [6.45, 7) is 1.91. The smallest absolute Gasteiger partial charge is 0.240 e. The largest absolute Gasteiger partial charge is 0.350 e. The highest BCUT2D eigenvalue weighted by atomic mass is 35.5. The third-order valence-corrected chi connectivity index (χ3v) is 5.17. The van der Waals surface area contributed by atoms with E-state index in [-0.39, 0.29) is 29.8 Å². The van der Waals surface area contributed by atoms with Gasteiger partial charge in [-0.15, -0.1) is 0 Å². The molecule has 2 rings (SSSR count). The molecule has 0 aliphatic rings. The molecule has 0 aliphatic carbocycles. The zero-order valence-corrected chi connectivity index (χ0v) is 14.8. The zero-order valence-electron chi connectivity index (χ0n) is 13.2. The van der Waals surface area contributed by atoms with Gasteiger partial charge in [-0.25, -0.2) is 13.1 Å². The van der Waals surface area contributed by atoms with Crippen LogP contribution in [0.4, 0.5) is 0 Å². The van der Waals surface area contributed by atoms with Crippen molar-refractivity contribution in [3.63, 3.8) is 0 Å². The molecule has 0 fully saturated rings. The molecule has 0 aromatic heterocycles. The summed E-state index contributed by atoms with van der Waals surface area (Å²) in [5, 5.41) is 3.30. The Morgan fingerprint density at radius 3 is 2.33 bits per heavy atom. The molecule has 0 bridgehead atoms. The molecule has 0 radical (unpaired) electrons. The molecule has 0 spiro atoms. The van der Waals surface area contributed by atoms with E-state index < -0.39 is 10.0 Å². The van der Waals surface area contributed by atoms with E-state index >= 15 is 0 Å². The molecule has 0 aliphatic heterocycles. The normalized spacial score (nSPS) is 12.6. The van der Waals surface area contributed by atoms with E-state index in [4.69, 9.17) is 11.6 Å². The van der Waals surface area contributed by atoms with Gasteiger partial charge in [0.15, 0.2) is 0 Å². The molecule has 0 unspecified atom stereocenters. The third-order valence-electron chi connectivity index (χ3n) is 3.45. The molecule has 0 heterocycles. The van der Waals surface area contributed by atoms with E-state index in [1.807, 2.05) is 37.3 Å². The first-order valence-electron chi connectivity index (χ1n) is 7.48. The Hall–Kier alpha value is -1.89. The second-order valence-corrected chi connectivity index (χ2v) is 7.50. The number of carbonyl (C=O) groups excluding carboxylic acids is 1. The van der Waals surface area contributed by atoms with E-state index in [2.05, 4.69) is 10.0 Å². The predicted molar refractivity (Wildman–Crippen MR) is 94.3 cm³/mol. The Kier molecular flexibility index (Phi) is 6.36. The zero-order chi connectivity index (χ0) is 17.6. The fourth-order valence-electron chi connectivity index (χ4n) is 2.13. The molecule has 2 aromatic rings. The summed E-state index contributed by atoms with van der Waals surface area (Å²) in [7, 11) is -3.64. The maximum Gasteiger partial charge on any atom is 0.240 e. The van der Waals surface area contributed by atoms with E-state index in [1.165, 1.54) is 24.3 Å². The number of rotatable bonds is 7. The summed E-state index contributed by atoms with van der Waals surface area (Å²) in [5.41, 5.74) is 0.993. The number of halogens is 1. The van der Waals surface area contributed by atoms with E-state index in [9.17, 15) is 13.2 Å². The van der Waals surface area contributed by atoms with Gasteiger partial charge in [0, 0.05) is 18.0 Å². The van der Waals surface area contributed by atoms with Gasteiger partial charge in [0.05, 0.1) is 10.9 Å².